The van der Waals surface area contributed by atoms with Crippen LogP contribution in [0.5, 0.6) is 0 Å². The molecule has 1 heterocycles. The number of hydrogen-bond donors (Lipinski definition) is 0. The minimum absolute atomic E-state index is 0.0445. The monoisotopic (exact) mass is 432 g/mol. The third-order valence-corrected chi connectivity index (χ3v) is 5.45. The van der Waals surface area contributed by atoms with Crippen molar-refractivity contribution in [3.05, 3.63) is 99.4 Å². The molecule has 3 rings (SSSR count). The highest BCUT2D eigenvalue weighted by atomic mass is 16.6. The number of ketones is 2. The first-order valence-corrected chi connectivity index (χ1v) is 11.0. The van der Waals surface area contributed by atoms with Crippen molar-refractivity contribution in [3.63, 3.8) is 0 Å². The molecule has 0 saturated heterocycles. The van der Waals surface area contributed by atoms with Crippen molar-refractivity contribution in [1.82, 2.24) is 4.90 Å². The smallest absolute Gasteiger partial charge is 0.269 e. The van der Waals surface area contributed by atoms with Gasteiger partial charge in [0.15, 0.2) is 11.6 Å². The first-order chi connectivity index (χ1) is 15.4. The largest absolute Gasteiger partial charge is 0.349 e. The zero-order valence-corrected chi connectivity index (χ0v) is 18.5. The number of carbonyl (C=O) groups excluding carboxylic acids is 2. The molecule has 32 heavy (non-hydrogen) atoms. The van der Waals surface area contributed by atoms with Gasteiger partial charge < -0.3 is 4.90 Å². The zero-order chi connectivity index (χ0) is 23.1. The SMILES string of the molecule is CCCC(=O)C1=CN(Cc2ccccc2)C=C(C(=O)CCC)C1c1cccc([N+](=O)[O-])c1. The first-order valence-electron chi connectivity index (χ1n) is 11.0. The summed E-state index contributed by atoms with van der Waals surface area (Å²) in [4.78, 5) is 39.1. The van der Waals surface area contributed by atoms with Crippen LogP contribution in [0.1, 0.15) is 56.6 Å². The van der Waals surface area contributed by atoms with E-state index in [-0.39, 0.29) is 17.3 Å². The lowest BCUT2D eigenvalue weighted by Crippen LogP contribution is -2.27. The summed E-state index contributed by atoms with van der Waals surface area (Å²) in [6.45, 7) is 4.39. The average Bonchev–Trinajstić information content (AvgIpc) is 2.79. The summed E-state index contributed by atoms with van der Waals surface area (Å²) < 4.78 is 0. The van der Waals surface area contributed by atoms with E-state index in [1.165, 1.54) is 12.1 Å². The Bertz CT molecular complexity index is 1020. The van der Waals surface area contributed by atoms with Crippen LogP contribution in [0.4, 0.5) is 5.69 Å². The predicted octanol–water partition coefficient (Wildman–Crippen LogP) is 5.70. The van der Waals surface area contributed by atoms with E-state index in [0.29, 0.717) is 48.9 Å². The molecule has 0 saturated carbocycles. The quantitative estimate of drug-likeness (QED) is 0.355. The number of nitro benzene ring substituents is 1. The number of nitro groups is 1. The Morgan fingerprint density at radius 1 is 0.906 bits per heavy atom. The number of allylic oxidation sites excluding steroid dienone is 2. The number of benzene rings is 2. The standard InChI is InChI=1S/C26H28N2O4/c1-3-9-24(29)22-17-27(16-19-11-6-5-7-12-19)18-23(25(30)10-4-2)26(22)20-13-8-14-21(15-20)28(31)32/h5-8,11-15,17-18,26H,3-4,9-10,16H2,1-2H3. The van der Waals surface area contributed by atoms with Gasteiger partial charge in [0.2, 0.25) is 0 Å². The Kier molecular flexibility index (Phi) is 7.71. The molecule has 2 aromatic carbocycles. The van der Waals surface area contributed by atoms with E-state index >= 15 is 0 Å². The van der Waals surface area contributed by atoms with E-state index < -0.39 is 10.8 Å². The number of hydrogen-bond acceptors (Lipinski definition) is 5. The second-order valence-corrected chi connectivity index (χ2v) is 7.96. The van der Waals surface area contributed by atoms with Gasteiger partial charge in [0, 0.05) is 61.0 Å². The lowest BCUT2D eigenvalue weighted by molar-refractivity contribution is -0.384. The van der Waals surface area contributed by atoms with Gasteiger partial charge in [-0.05, 0) is 24.0 Å². The molecule has 0 aliphatic carbocycles. The highest BCUT2D eigenvalue weighted by molar-refractivity contribution is 6.04. The lowest BCUT2D eigenvalue weighted by atomic mass is 9.78. The minimum Gasteiger partial charge on any atom is -0.349 e. The van der Waals surface area contributed by atoms with E-state index in [4.69, 9.17) is 0 Å². The first kappa shape index (κ1) is 23.1. The second-order valence-electron chi connectivity index (χ2n) is 7.96. The Morgan fingerprint density at radius 3 is 2.03 bits per heavy atom. The summed E-state index contributed by atoms with van der Waals surface area (Å²) in [6.07, 6.45) is 5.67. The number of nitrogens with zero attached hydrogens (tertiary/aromatic N) is 2. The Balaban J connectivity index is 2.11. The number of non-ortho nitro benzene ring substituents is 1. The van der Waals surface area contributed by atoms with Gasteiger partial charge >= 0.3 is 0 Å². The van der Waals surface area contributed by atoms with Crippen molar-refractivity contribution in [2.24, 2.45) is 0 Å². The van der Waals surface area contributed by atoms with Gasteiger partial charge in [-0.2, -0.15) is 0 Å². The fourth-order valence-electron chi connectivity index (χ4n) is 3.98. The molecule has 6 heteroatoms. The molecular formula is C26H28N2O4. The molecule has 0 unspecified atom stereocenters. The third kappa shape index (κ3) is 5.38. The van der Waals surface area contributed by atoms with Gasteiger partial charge in [0.1, 0.15) is 0 Å². The van der Waals surface area contributed by atoms with Crippen molar-refractivity contribution >= 4 is 17.3 Å². The van der Waals surface area contributed by atoms with Gasteiger partial charge in [-0.25, -0.2) is 0 Å². The van der Waals surface area contributed by atoms with E-state index in [9.17, 15) is 19.7 Å². The molecule has 2 aromatic rings. The average molecular weight is 433 g/mol. The Morgan fingerprint density at radius 2 is 1.50 bits per heavy atom. The summed E-state index contributed by atoms with van der Waals surface area (Å²) in [5.41, 5.74) is 2.60. The maximum atomic E-state index is 13.2. The van der Waals surface area contributed by atoms with Crippen LogP contribution >= 0.6 is 0 Å². The van der Waals surface area contributed by atoms with Crippen LogP contribution in [-0.2, 0) is 16.1 Å². The molecule has 0 atom stereocenters. The topological polar surface area (TPSA) is 80.5 Å². The van der Waals surface area contributed by atoms with Crippen molar-refractivity contribution in [3.8, 4) is 0 Å². The summed E-state index contributed by atoms with van der Waals surface area (Å²) >= 11 is 0. The van der Waals surface area contributed by atoms with Crippen LogP contribution in [0.25, 0.3) is 0 Å². The third-order valence-electron chi connectivity index (χ3n) is 5.45. The molecule has 0 aromatic heterocycles. The van der Waals surface area contributed by atoms with Crippen molar-refractivity contribution in [2.45, 2.75) is 52.0 Å². The van der Waals surface area contributed by atoms with Crippen molar-refractivity contribution in [2.75, 3.05) is 0 Å². The van der Waals surface area contributed by atoms with Crippen molar-refractivity contribution < 1.29 is 14.5 Å². The molecular weight excluding hydrogens is 404 g/mol. The van der Waals surface area contributed by atoms with Crippen LogP contribution in [-0.4, -0.2) is 21.4 Å². The van der Waals surface area contributed by atoms with Crippen LogP contribution in [0.15, 0.2) is 78.1 Å². The van der Waals surface area contributed by atoms with Crippen LogP contribution in [0.3, 0.4) is 0 Å². The summed E-state index contributed by atoms with van der Waals surface area (Å²) in [7, 11) is 0. The summed E-state index contributed by atoms with van der Waals surface area (Å²) in [5, 5.41) is 11.4. The number of carbonyl (C=O) groups is 2. The van der Waals surface area contributed by atoms with Crippen LogP contribution in [0, 0.1) is 10.1 Å². The highest BCUT2D eigenvalue weighted by Gasteiger charge is 2.33. The van der Waals surface area contributed by atoms with Crippen LogP contribution < -0.4 is 0 Å². The lowest BCUT2D eigenvalue weighted by Gasteiger charge is -2.31. The molecule has 0 N–H and O–H groups in total. The van der Waals surface area contributed by atoms with Crippen molar-refractivity contribution in [1.29, 1.82) is 0 Å². The molecule has 0 amide bonds. The zero-order valence-electron chi connectivity index (χ0n) is 18.5. The highest BCUT2D eigenvalue weighted by Crippen LogP contribution is 2.39. The normalized spacial score (nSPS) is 14.0. The number of rotatable bonds is 10. The second kappa shape index (κ2) is 10.7. The molecule has 166 valence electrons. The van der Waals surface area contributed by atoms with E-state index in [1.807, 2.05) is 49.1 Å². The van der Waals surface area contributed by atoms with Gasteiger partial charge in [-0.3, -0.25) is 19.7 Å². The van der Waals surface area contributed by atoms with Gasteiger partial charge in [0.25, 0.3) is 5.69 Å². The molecule has 1 aliphatic heterocycles. The minimum atomic E-state index is -0.611. The van der Waals surface area contributed by atoms with E-state index in [1.54, 1.807) is 24.5 Å². The fourth-order valence-corrected chi connectivity index (χ4v) is 3.98. The summed E-state index contributed by atoms with van der Waals surface area (Å²) in [5.74, 6) is -0.700. The van der Waals surface area contributed by atoms with Gasteiger partial charge in [-0.1, -0.05) is 56.3 Å². The fraction of sp³-hybridized carbons (Fsp3) is 0.308. The molecule has 0 spiro atoms. The van der Waals surface area contributed by atoms with Gasteiger partial charge in [-0.15, -0.1) is 0 Å². The number of Topliss-reactive ketones (excluding diaryl/α,β-unsaturated/α-hetero) is 2. The molecule has 0 fully saturated rings. The Labute approximate surface area is 188 Å². The summed E-state index contributed by atoms with van der Waals surface area (Å²) in [6, 6.07) is 16.1. The van der Waals surface area contributed by atoms with E-state index in [2.05, 4.69) is 0 Å². The predicted molar refractivity (Wildman–Crippen MR) is 124 cm³/mol. The molecule has 0 bridgehead atoms. The van der Waals surface area contributed by atoms with Gasteiger partial charge in [0.05, 0.1) is 4.92 Å². The van der Waals surface area contributed by atoms with E-state index in [0.717, 1.165) is 5.56 Å². The van der Waals surface area contributed by atoms with Crippen LogP contribution in [0.2, 0.25) is 0 Å². The molecule has 6 nitrogen and oxygen atoms in total. The Hall–Kier alpha value is -3.54. The maximum absolute atomic E-state index is 13.2. The molecule has 0 radical (unpaired) electrons. The molecule has 1 aliphatic rings. The maximum Gasteiger partial charge on any atom is 0.269 e.